The minimum atomic E-state index is -1.09. The van der Waals surface area contributed by atoms with Gasteiger partial charge < -0.3 is 15.9 Å². The molecule has 5 heteroatoms. The van der Waals surface area contributed by atoms with Crippen LogP contribution in [0.2, 0.25) is 5.02 Å². The Kier molecular flexibility index (Phi) is 3.83. The number of aliphatic hydroxyl groups excluding tert-OH is 2. The third-order valence-electron chi connectivity index (χ3n) is 1.90. The first-order valence-corrected chi connectivity index (χ1v) is 4.43. The number of aliphatic hydroxyl groups is 2. The van der Waals surface area contributed by atoms with Gasteiger partial charge in [0.2, 0.25) is 0 Å². The lowest BCUT2D eigenvalue weighted by Crippen LogP contribution is -2.31. The minimum absolute atomic E-state index is 0.0153. The van der Waals surface area contributed by atoms with E-state index < -0.39 is 18.0 Å². The Morgan fingerprint density at radius 2 is 2.14 bits per heavy atom. The summed E-state index contributed by atoms with van der Waals surface area (Å²) in [6, 6.07) is 3.07. The molecule has 0 radical (unpaired) electrons. The average molecular weight is 220 g/mol. The molecule has 0 spiro atoms. The van der Waals surface area contributed by atoms with Crippen molar-refractivity contribution < 1.29 is 14.6 Å². The Labute approximate surface area is 85.9 Å². The van der Waals surface area contributed by atoms with Crippen molar-refractivity contribution in [2.24, 2.45) is 5.73 Å². The highest BCUT2D eigenvalue weighted by Gasteiger charge is 2.16. The van der Waals surface area contributed by atoms with E-state index in [4.69, 9.17) is 22.4 Å². The predicted molar refractivity (Wildman–Crippen MR) is 51.4 cm³/mol. The number of nitrogens with two attached hydrogens (primary N) is 1. The molecular formula is C9H11ClFNO2. The first-order chi connectivity index (χ1) is 6.56. The van der Waals surface area contributed by atoms with E-state index in [-0.39, 0.29) is 11.6 Å². The Hall–Kier alpha value is -0.680. The highest BCUT2D eigenvalue weighted by atomic mass is 35.5. The zero-order valence-electron chi connectivity index (χ0n) is 7.32. The lowest BCUT2D eigenvalue weighted by molar-refractivity contribution is 0.109. The molecule has 0 unspecified atom stereocenters. The summed E-state index contributed by atoms with van der Waals surface area (Å²) < 4.78 is 13.0. The maximum Gasteiger partial charge on any atom is 0.142 e. The topological polar surface area (TPSA) is 66.5 Å². The molecule has 14 heavy (non-hydrogen) atoms. The molecule has 0 amide bonds. The number of rotatable bonds is 3. The van der Waals surface area contributed by atoms with Gasteiger partial charge in [0.05, 0.1) is 23.8 Å². The fraction of sp³-hybridized carbons (Fsp3) is 0.333. The van der Waals surface area contributed by atoms with Gasteiger partial charge in [-0.1, -0.05) is 17.7 Å². The lowest BCUT2D eigenvalue weighted by Gasteiger charge is -2.16. The van der Waals surface area contributed by atoms with E-state index in [1.807, 2.05) is 0 Å². The van der Waals surface area contributed by atoms with Crippen LogP contribution in [0, 0.1) is 5.82 Å². The fourth-order valence-corrected chi connectivity index (χ4v) is 1.16. The number of hydrogen-bond acceptors (Lipinski definition) is 3. The van der Waals surface area contributed by atoms with Crippen LogP contribution in [-0.2, 0) is 0 Å². The van der Waals surface area contributed by atoms with Crippen LogP contribution < -0.4 is 5.73 Å². The van der Waals surface area contributed by atoms with Crippen molar-refractivity contribution in [2.45, 2.75) is 12.1 Å². The standard InChI is InChI=1S/C9H11ClFNO2/c10-6-2-1-5(3-7(6)11)9(14)8(12)4-13/h1-3,8-9,13-14H,4,12H2/t8-,9-/m1/s1. The van der Waals surface area contributed by atoms with Crippen LogP contribution in [0.1, 0.15) is 11.7 Å². The minimum Gasteiger partial charge on any atom is -0.395 e. The van der Waals surface area contributed by atoms with Gasteiger partial charge in [-0.25, -0.2) is 4.39 Å². The third kappa shape index (κ3) is 2.42. The lowest BCUT2D eigenvalue weighted by atomic mass is 10.0. The van der Waals surface area contributed by atoms with Crippen molar-refractivity contribution in [1.82, 2.24) is 0 Å². The van der Waals surface area contributed by atoms with E-state index in [0.29, 0.717) is 5.56 Å². The van der Waals surface area contributed by atoms with E-state index >= 15 is 0 Å². The van der Waals surface area contributed by atoms with Crippen LogP contribution >= 0.6 is 11.6 Å². The van der Waals surface area contributed by atoms with Crippen LogP contribution in [0.5, 0.6) is 0 Å². The molecule has 2 atom stereocenters. The third-order valence-corrected chi connectivity index (χ3v) is 2.21. The molecule has 4 N–H and O–H groups in total. The van der Waals surface area contributed by atoms with Gasteiger partial charge in [0.1, 0.15) is 5.82 Å². The highest BCUT2D eigenvalue weighted by Crippen LogP contribution is 2.21. The van der Waals surface area contributed by atoms with Crippen LogP contribution in [0.3, 0.4) is 0 Å². The molecule has 1 rings (SSSR count). The molecule has 0 fully saturated rings. The van der Waals surface area contributed by atoms with Gasteiger partial charge in [-0.3, -0.25) is 0 Å². The van der Waals surface area contributed by atoms with Gasteiger partial charge in [0, 0.05) is 0 Å². The molecule has 0 saturated carbocycles. The Bertz CT molecular complexity index is 322. The van der Waals surface area contributed by atoms with Crippen molar-refractivity contribution >= 4 is 11.6 Å². The Morgan fingerprint density at radius 3 is 2.64 bits per heavy atom. The van der Waals surface area contributed by atoms with E-state index in [1.165, 1.54) is 12.1 Å². The van der Waals surface area contributed by atoms with Crippen molar-refractivity contribution in [1.29, 1.82) is 0 Å². The monoisotopic (exact) mass is 219 g/mol. The summed E-state index contributed by atoms with van der Waals surface area (Å²) in [6.07, 6.45) is -1.09. The number of halogens is 2. The smallest absolute Gasteiger partial charge is 0.142 e. The summed E-state index contributed by atoms with van der Waals surface area (Å²) in [5.74, 6) is -0.617. The second-order valence-corrected chi connectivity index (χ2v) is 3.37. The Balaban J connectivity index is 2.91. The molecule has 0 aliphatic rings. The van der Waals surface area contributed by atoms with E-state index in [0.717, 1.165) is 6.07 Å². The first kappa shape index (κ1) is 11.4. The average Bonchev–Trinajstić information content (AvgIpc) is 2.20. The zero-order valence-corrected chi connectivity index (χ0v) is 8.08. The maximum atomic E-state index is 13.0. The fourth-order valence-electron chi connectivity index (χ4n) is 1.04. The molecular weight excluding hydrogens is 209 g/mol. The van der Waals surface area contributed by atoms with Crippen molar-refractivity contribution in [2.75, 3.05) is 6.61 Å². The van der Waals surface area contributed by atoms with E-state index in [2.05, 4.69) is 0 Å². The van der Waals surface area contributed by atoms with Crippen LogP contribution in [0.4, 0.5) is 4.39 Å². The molecule has 0 aliphatic carbocycles. The molecule has 0 heterocycles. The van der Waals surface area contributed by atoms with Gasteiger partial charge in [-0.2, -0.15) is 0 Å². The normalized spacial score (nSPS) is 15.2. The molecule has 0 aliphatic heterocycles. The van der Waals surface area contributed by atoms with Crippen LogP contribution in [0.25, 0.3) is 0 Å². The molecule has 1 aromatic carbocycles. The van der Waals surface area contributed by atoms with Gasteiger partial charge in [0.25, 0.3) is 0 Å². The SMILES string of the molecule is N[C@H](CO)[C@H](O)c1ccc(Cl)c(F)c1. The molecule has 3 nitrogen and oxygen atoms in total. The van der Waals surface area contributed by atoms with Crippen molar-refractivity contribution in [3.8, 4) is 0 Å². The van der Waals surface area contributed by atoms with Gasteiger partial charge >= 0.3 is 0 Å². The number of hydrogen-bond donors (Lipinski definition) is 3. The molecule has 0 aromatic heterocycles. The maximum absolute atomic E-state index is 13.0. The summed E-state index contributed by atoms with van der Waals surface area (Å²) in [7, 11) is 0. The zero-order chi connectivity index (χ0) is 10.7. The van der Waals surface area contributed by atoms with Gasteiger partial charge in [-0.15, -0.1) is 0 Å². The molecule has 78 valence electrons. The number of benzene rings is 1. The van der Waals surface area contributed by atoms with Gasteiger partial charge in [-0.05, 0) is 17.7 Å². The summed E-state index contributed by atoms with van der Waals surface area (Å²) in [5.41, 5.74) is 5.68. The second-order valence-electron chi connectivity index (χ2n) is 2.96. The van der Waals surface area contributed by atoms with E-state index in [1.54, 1.807) is 0 Å². The van der Waals surface area contributed by atoms with Crippen LogP contribution in [0.15, 0.2) is 18.2 Å². The largest absolute Gasteiger partial charge is 0.395 e. The van der Waals surface area contributed by atoms with Gasteiger partial charge in [0.15, 0.2) is 0 Å². The van der Waals surface area contributed by atoms with Crippen LogP contribution in [-0.4, -0.2) is 22.9 Å². The second kappa shape index (κ2) is 4.70. The van der Waals surface area contributed by atoms with Crippen molar-refractivity contribution in [3.63, 3.8) is 0 Å². The quantitative estimate of drug-likeness (QED) is 0.706. The highest BCUT2D eigenvalue weighted by molar-refractivity contribution is 6.30. The molecule has 1 aromatic rings. The summed E-state index contributed by atoms with van der Waals surface area (Å²) in [4.78, 5) is 0. The first-order valence-electron chi connectivity index (χ1n) is 4.05. The molecule has 0 saturated heterocycles. The van der Waals surface area contributed by atoms with Crippen molar-refractivity contribution in [3.05, 3.63) is 34.6 Å². The summed E-state index contributed by atoms with van der Waals surface area (Å²) in [6.45, 7) is -0.370. The predicted octanol–water partition coefficient (Wildman–Crippen LogP) is 0.832. The summed E-state index contributed by atoms with van der Waals surface area (Å²) >= 11 is 5.46. The van der Waals surface area contributed by atoms with E-state index in [9.17, 15) is 9.50 Å². The molecule has 0 bridgehead atoms. The summed E-state index contributed by atoms with van der Waals surface area (Å²) in [5, 5.41) is 18.2. The Morgan fingerprint density at radius 1 is 1.50 bits per heavy atom.